The third-order valence-corrected chi connectivity index (χ3v) is 5.60. The molecule has 0 heterocycles. The number of hydrogen-bond donors (Lipinski definition) is 3. The zero-order valence-electron chi connectivity index (χ0n) is 13.5. The van der Waals surface area contributed by atoms with Crippen LogP contribution in [-0.4, -0.2) is 46.3 Å². The summed E-state index contributed by atoms with van der Waals surface area (Å²) in [4.78, 5) is 4.65. The Hall–Kier alpha value is -0.820. The molecule has 0 saturated heterocycles. The minimum atomic E-state index is -3.11. The number of nitrogens with zero attached hydrogens (tertiary/aromatic N) is 1. The van der Waals surface area contributed by atoms with Crippen molar-refractivity contribution < 1.29 is 8.42 Å². The van der Waals surface area contributed by atoms with Crippen LogP contribution in [0.15, 0.2) is 4.99 Å². The highest BCUT2D eigenvalue weighted by atomic mass is 32.2. The first-order chi connectivity index (χ1) is 9.97. The molecule has 0 atom stereocenters. The number of rotatable bonds is 9. The lowest BCUT2D eigenvalue weighted by Crippen LogP contribution is -2.43. The van der Waals surface area contributed by atoms with E-state index in [2.05, 4.69) is 27.3 Å². The first-order valence-electron chi connectivity index (χ1n) is 7.96. The third-order valence-electron chi connectivity index (χ3n) is 4.20. The Kier molecular flexibility index (Phi) is 7.45. The third kappa shape index (κ3) is 6.22. The van der Waals surface area contributed by atoms with Crippen LogP contribution in [-0.2, 0) is 10.0 Å². The van der Waals surface area contributed by atoms with Gasteiger partial charge in [-0.3, -0.25) is 4.99 Å². The van der Waals surface area contributed by atoms with E-state index in [-0.39, 0.29) is 5.75 Å². The van der Waals surface area contributed by atoms with Gasteiger partial charge in [-0.15, -0.1) is 0 Å². The van der Waals surface area contributed by atoms with Gasteiger partial charge in [-0.05, 0) is 38.5 Å². The molecule has 1 fully saturated rings. The van der Waals surface area contributed by atoms with Gasteiger partial charge in [-0.1, -0.05) is 13.3 Å². The summed E-state index contributed by atoms with van der Waals surface area (Å²) >= 11 is 0. The Morgan fingerprint density at radius 1 is 1.14 bits per heavy atom. The van der Waals surface area contributed by atoms with E-state index in [9.17, 15) is 8.42 Å². The van der Waals surface area contributed by atoms with Crippen LogP contribution in [0.25, 0.3) is 0 Å². The van der Waals surface area contributed by atoms with Gasteiger partial charge in [0.25, 0.3) is 0 Å². The average Bonchev–Trinajstić information content (AvgIpc) is 2.42. The van der Waals surface area contributed by atoms with E-state index < -0.39 is 10.0 Å². The van der Waals surface area contributed by atoms with Gasteiger partial charge in [-0.2, -0.15) is 0 Å². The van der Waals surface area contributed by atoms with Crippen LogP contribution in [0.2, 0.25) is 0 Å². The van der Waals surface area contributed by atoms with Gasteiger partial charge < -0.3 is 10.6 Å². The predicted molar refractivity (Wildman–Crippen MR) is 88.0 cm³/mol. The Bertz CT molecular complexity index is 425. The molecular weight excluding hydrogens is 288 g/mol. The van der Waals surface area contributed by atoms with Gasteiger partial charge in [0.2, 0.25) is 10.0 Å². The van der Waals surface area contributed by atoms with Crippen LogP contribution < -0.4 is 15.4 Å². The van der Waals surface area contributed by atoms with Crippen molar-refractivity contribution in [3.63, 3.8) is 0 Å². The number of aliphatic imine (C=N–C) groups is 1. The van der Waals surface area contributed by atoms with Crippen molar-refractivity contribution in [2.24, 2.45) is 10.4 Å². The predicted octanol–water partition coefficient (Wildman–Crippen LogP) is 1.06. The van der Waals surface area contributed by atoms with Crippen molar-refractivity contribution in [1.82, 2.24) is 15.4 Å². The topological polar surface area (TPSA) is 82.6 Å². The number of hydrogen-bond acceptors (Lipinski definition) is 3. The Morgan fingerprint density at radius 3 is 2.33 bits per heavy atom. The molecular formula is C14H30N4O2S. The molecule has 1 aliphatic carbocycles. The van der Waals surface area contributed by atoms with Crippen molar-refractivity contribution in [2.45, 2.75) is 46.5 Å². The lowest BCUT2D eigenvalue weighted by atomic mass is 9.67. The highest BCUT2D eigenvalue weighted by Gasteiger charge is 2.34. The van der Waals surface area contributed by atoms with E-state index in [0.717, 1.165) is 19.0 Å². The molecule has 7 heteroatoms. The molecule has 0 aromatic rings. The molecule has 0 aromatic carbocycles. The highest BCUT2D eigenvalue weighted by Crippen LogP contribution is 2.43. The second-order valence-electron chi connectivity index (χ2n) is 5.63. The molecule has 1 rings (SSSR count). The van der Waals surface area contributed by atoms with Crippen molar-refractivity contribution in [3.05, 3.63) is 0 Å². The maximum atomic E-state index is 11.3. The maximum absolute atomic E-state index is 11.3. The summed E-state index contributed by atoms with van der Waals surface area (Å²) in [5.74, 6) is 0.883. The summed E-state index contributed by atoms with van der Waals surface area (Å²) in [6.45, 7) is 8.43. The van der Waals surface area contributed by atoms with Gasteiger partial charge in [0.15, 0.2) is 5.96 Å². The van der Waals surface area contributed by atoms with Gasteiger partial charge in [-0.25, -0.2) is 13.1 Å². The van der Waals surface area contributed by atoms with E-state index in [1.54, 1.807) is 6.92 Å². The monoisotopic (exact) mass is 318 g/mol. The molecule has 0 aliphatic heterocycles. The largest absolute Gasteiger partial charge is 0.357 e. The summed E-state index contributed by atoms with van der Waals surface area (Å²) in [5.41, 5.74) is 0.395. The normalized spacial score (nSPS) is 18.1. The molecule has 124 valence electrons. The van der Waals surface area contributed by atoms with Crippen molar-refractivity contribution in [2.75, 3.05) is 31.9 Å². The van der Waals surface area contributed by atoms with Crippen LogP contribution >= 0.6 is 0 Å². The molecule has 21 heavy (non-hydrogen) atoms. The quantitative estimate of drug-likeness (QED) is 0.337. The zero-order chi connectivity index (χ0) is 15.8. The van der Waals surface area contributed by atoms with Gasteiger partial charge in [0.1, 0.15) is 0 Å². The lowest BCUT2D eigenvalue weighted by molar-refractivity contribution is 0.139. The maximum Gasteiger partial charge on any atom is 0.211 e. The first kappa shape index (κ1) is 18.2. The molecule has 0 unspecified atom stereocenters. The van der Waals surface area contributed by atoms with Crippen LogP contribution in [0, 0.1) is 5.41 Å². The fourth-order valence-electron chi connectivity index (χ4n) is 2.38. The summed E-state index contributed by atoms with van der Waals surface area (Å²) < 4.78 is 25.2. The fourth-order valence-corrected chi connectivity index (χ4v) is 3.00. The van der Waals surface area contributed by atoms with E-state index in [1.807, 2.05) is 6.92 Å². The van der Waals surface area contributed by atoms with Crippen molar-refractivity contribution in [3.8, 4) is 0 Å². The lowest BCUT2D eigenvalue weighted by Gasteiger charge is -2.40. The van der Waals surface area contributed by atoms with Crippen LogP contribution in [0.3, 0.4) is 0 Å². The van der Waals surface area contributed by atoms with Crippen molar-refractivity contribution in [1.29, 1.82) is 0 Å². The molecule has 1 saturated carbocycles. The summed E-state index contributed by atoms with van der Waals surface area (Å²) in [6, 6.07) is 0. The fraction of sp³-hybridized carbons (Fsp3) is 0.929. The average molecular weight is 318 g/mol. The second-order valence-corrected chi connectivity index (χ2v) is 7.72. The van der Waals surface area contributed by atoms with E-state index in [0.29, 0.717) is 18.5 Å². The molecule has 0 bridgehead atoms. The summed E-state index contributed by atoms with van der Waals surface area (Å²) in [5, 5.41) is 6.37. The Labute approximate surface area is 129 Å². The Balaban J connectivity index is 2.39. The standard InChI is InChI=1S/C14H30N4O2S/c1-4-14(8-7-9-14)12-17-13(15-5-2)16-10-11-18-21(19,20)6-3/h18H,4-12H2,1-3H3,(H2,15,16,17). The van der Waals surface area contributed by atoms with Crippen LogP contribution in [0.5, 0.6) is 0 Å². The molecule has 1 aliphatic rings. The second kappa shape index (κ2) is 8.58. The number of sulfonamides is 1. The minimum absolute atomic E-state index is 0.111. The van der Waals surface area contributed by atoms with Gasteiger partial charge >= 0.3 is 0 Å². The van der Waals surface area contributed by atoms with Crippen LogP contribution in [0.1, 0.15) is 46.5 Å². The van der Waals surface area contributed by atoms with Gasteiger partial charge in [0.05, 0.1) is 5.75 Å². The molecule has 0 amide bonds. The van der Waals surface area contributed by atoms with E-state index in [1.165, 1.54) is 25.7 Å². The molecule has 3 N–H and O–H groups in total. The zero-order valence-corrected chi connectivity index (χ0v) is 14.4. The first-order valence-corrected chi connectivity index (χ1v) is 9.61. The SMILES string of the molecule is CCNC(=NCC1(CC)CCC1)NCCNS(=O)(=O)CC. The number of guanidine groups is 1. The molecule has 0 spiro atoms. The number of nitrogens with one attached hydrogen (secondary N) is 3. The smallest absolute Gasteiger partial charge is 0.211 e. The Morgan fingerprint density at radius 2 is 1.86 bits per heavy atom. The minimum Gasteiger partial charge on any atom is -0.357 e. The molecule has 6 nitrogen and oxygen atoms in total. The summed E-state index contributed by atoms with van der Waals surface area (Å²) in [7, 11) is -3.11. The van der Waals surface area contributed by atoms with E-state index in [4.69, 9.17) is 0 Å². The van der Waals surface area contributed by atoms with Crippen LogP contribution in [0.4, 0.5) is 0 Å². The summed E-state index contributed by atoms with van der Waals surface area (Å²) in [6.07, 6.45) is 5.02. The highest BCUT2D eigenvalue weighted by molar-refractivity contribution is 7.89. The van der Waals surface area contributed by atoms with Gasteiger partial charge in [0, 0.05) is 26.2 Å². The molecule has 0 aromatic heterocycles. The van der Waals surface area contributed by atoms with Crippen molar-refractivity contribution >= 4 is 16.0 Å². The molecule has 0 radical (unpaired) electrons. The van der Waals surface area contributed by atoms with E-state index >= 15 is 0 Å².